The highest BCUT2D eigenvalue weighted by atomic mass is 35.5. The highest BCUT2D eigenvalue weighted by Crippen LogP contribution is 2.25. The molecule has 1 aromatic carbocycles. The average Bonchev–Trinajstić information content (AvgIpc) is 2.59. The molecule has 0 unspecified atom stereocenters. The van der Waals surface area contributed by atoms with Gasteiger partial charge in [-0.1, -0.05) is 23.7 Å². The van der Waals surface area contributed by atoms with E-state index in [0.29, 0.717) is 13.0 Å². The molecule has 0 spiro atoms. The molecule has 1 heterocycles. The van der Waals surface area contributed by atoms with Gasteiger partial charge in [-0.05, 0) is 26.0 Å². The topological polar surface area (TPSA) is 60.0 Å². The Labute approximate surface area is 155 Å². The lowest BCUT2D eigenvalue weighted by atomic mass is 10.2. The predicted octanol–water partition coefficient (Wildman–Crippen LogP) is 1.95. The van der Waals surface area contributed by atoms with Crippen molar-refractivity contribution < 1.29 is 4.79 Å². The summed E-state index contributed by atoms with van der Waals surface area (Å²) in [5.41, 5.74) is 1.08. The zero-order valence-electron chi connectivity index (χ0n) is 15.3. The number of carbonyl (C=O) groups is 1. The molecule has 0 saturated carbocycles. The summed E-state index contributed by atoms with van der Waals surface area (Å²) >= 11 is 6.29. The summed E-state index contributed by atoms with van der Waals surface area (Å²) in [6.45, 7) is 8.00. The van der Waals surface area contributed by atoms with Gasteiger partial charge in [0.05, 0.1) is 10.7 Å². The molecule has 1 aromatic rings. The minimum Gasteiger partial charge on any atom is -0.367 e. The largest absolute Gasteiger partial charge is 0.367 e. The molecule has 0 aromatic heterocycles. The van der Waals surface area contributed by atoms with Gasteiger partial charge in [-0.15, -0.1) is 0 Å². The number of nitrogens with one attached hydrogen (secondary N) is 2. The lowest BCUT2D eigenvalue weighted by Gasteiger charge is -2.38. The normalized spacial score (nSPS) is 15.5. The highest BCUT2D eigenvalue weighted by Gasteiger charge is 2.21. The Hall–Kier alpha value is -1.95. The van der Waals surface area contributed by atoms with Crippen molar-refractivity contribution in [2.75, 3.05) is 44.7 Å². The minimum atomic E-state index is 0.0569. The minimum absolute atomic E-state index is 0.0569. The average molecular weight is 366 g/mol. The van der Waals surface area contributed by atoms with Crippen LogP contribution in [0, 0.1) is 0 Å². The number of rotatable bonds is 5. The Kier molecular flexibility index (Phi) is 7.37. The van der Waals surface area contributed by atoms with Crippen molar-refractivity contribution in [1.29, 1.82) is 0 Å². The number of aliphatic imine (C=N–C) groups is 1. The first kappa shape index (κ1) is 19.4. The molecule has 1 aliphatic rings. The maximum atomic E-state index is 11.7. The monoisotopic (exact) mass is 365 g/mol. The molecule has 0 radical (unpaired) electrons. The molecule has 2 N–H and O–H groups in total. The molecule has 1 fully saturated rings. The van der Waals surface area contributed by atoms with E-state index < -0.39 is 0 Å². The zero-order valence-corrected chi connectivity index (χ0v) is 16.0. The van der Waals surface area contributed by atoms with Crippen LogP contribution in [-0.4, -0.2) is 62.6 Å². The molecule has 0 bridgehead atoms. The number of anilines is 1. The fourth-order valence-electron chi connectivity index (χ4n) is 2.88. The van der Waals surface area contributed by atoms with E-state index >= 15 is 0 Å². The van der Waals surface area contributed by atoms with Crippen LogP contribution in [0.2, 0.25) is 5.02 Å². The first-order valence-electron chi connectivity index (χ1n) is 8.75. The van der Waals surface area contributed by atoms with Crippen LogP contribution in [0.3, 0.4) is 0 Å². The Balaban J connectivity index is 1.80. The lowest BCUT2D eigenvalue weighted by Crippen LogP contribution is -2.53. The molecule has 7 heteroatoms. The Morgan fingerprint density at radius 1 is 1.24 bits per heavy atom. The third-order valence-electron chi connectivity index (χ3n) is 4.07. The van der Waals surface area contributed by atoms with E-state index in [1.54, 1.807) is 7.05 Å². The van der Waals surface area contributed by atoms with Gasteiger partial charge in [-0.2, -0.15) is 0 Å². The van der Waals surface area contributed by atoms with Gasteiger partial charge < -0.3 is 20.4 Å². The van der Waals surface area contributed by atoms with Gasteiger partial charge >= 0.3 is 0 Å². The van der Waals surface area contributed by atoms with E-state index in [4.69, 9.17) is 11.6 Å². The van der Waals surface area contributed by atoms with Crippen LogP contribution < -0.4 is 15.5 Å². The summed E-state index contributed by atoms with van der Waals surface area (Å²) < 4.78 is 0. The van der Waals surface area contributed by atoms with E-state index in [0.717, 1.165) is 42.8 Å². The van der Waals surface area contributed by atoms with E-state index in [1.807, 2.05) is 32.0 Å². The van der Waals surface area contributed by atoms with Crippen LogP contribution >= 0.6 is 11.6 Å². The summed E-state index contributed by atoms with van der Waals surface area (Å²) in [5, 5.41) is 6.96. The van der Waals surface area contributed by atoms with Gasteiger partial charge in [-0.25, -0.2) is 0 Å². The number of guanidine groups is 1. The standard InChI is InChI=1S/C18H28ClN5O/c1-14(2)22-17(25)8-9-21-18(20-3)24-12-10-23(11-13-24)16-7-5-4-6-15(16)19/h4-7,14H,8-13H2,1-3H3,(H,20,21)(H,22,25). The van der Waals surface area contributed by atoms with Crippen LogP contribution in [0.4, 0.5) is 5.69 Å². The van der Waals surface area contributed by atoms with E-state index in [-0.39, 0.29) is 11.9 Å². The van der Waals surface area contributed by atoms with Crippen molar-refractivity contribution in [3.05, 3.63) is 29.3 Å². The summed E-state index contributed by atoms with van der Waals surface area (Å²) in [4.78, 5) is 20.6. The molecule has 138 valence electrons. The quantitative estimate of drug-likeness (QED) is 0.618. The number of hydrogen-bond acceptors (Lipinski definition) is 3. The number of carbonyl (C=O) groups excluding carboxylic acids is 1. The van der Waals surface area contributed by atoms with Crippen molar-refractivity contribution in [2.24, 2.45) is 4.99 Å². The van der Waals surface area contributed by atoms with Gasteiger partial charge in [0.1, 0.15) is 0 Å². The third kappa shape index (κ3) is 5.81. The van der Waals surface area contributed by atoms with Gasteiger partial charge in [0.25, 0.3) is 0 Å². The maximum absolute atomic E-state index is 11.7. The van der Waals surface area contributed by atoms with Gasteiger partial charge in [-0.3, -0.25) is 9.79 Å². The molecule has 2 rings (SSSR count). The van der Waals surface area contributed by atoms with Crippen molar-refractivity contribution in [3.63, 3.8) is 0 Å². The molecule has 1 amide bonds. The van der Waals surface area contributed by atoms with Crippen molar-refractivity contribution in [1.82, 2.24) is 15.5 Å². The second kappa shape index (κ2) is 9.51. The van der Waals surface area contributed by atoms with E-state index in [9.17, 15) is 4.79 Å². The number of benzene rings is 1. The van der Waals surface area contributed by atoms with Crippen LogP contribution in [0.25, 0.3) is 0 Å². The molecule has 1 aliphatic heterocycles. The summed E-state index contributed by atoms with van der Waals surface area (Å²) in [6.07, 6.45) is 0.441. The molecule has 0 aliphatic carbocycles. The third-order valence-corrected chi connectivity index (χ3v) is 4.39. The number of nitrogens with zero attached hydrogens (tertiary/aromatic N) is 3. The lowest BCUT2D eigenvalue weighted by molar-refractivity contribution is -0.121. The molecule has 0 atom stereocenters. The number of piperazine rings is 1. The van der Waals surface area contributed by atoms with Gasteiger partial charge in [0.15, 0.2) is 5.96 Å². The smallest absolute Gasteiger partial charge is 0.221 e. The fourth-order valence-corrected chi connectivity index (χ4v) is 3.14. The van der Waals surface area contributed by atoms with E-state index in [1.165, 1.54) is 0 Å². The first-order chi connectivity index (χ1) is 12.0. The molecule has 1 saturated heterocycles. The Morgan fingerprint density at radius 3 is 2.52 bits per heavy atom. The fraction of sp³-hybridized carbons (Fsp3) is 0.556. The highest BCUT2D eigenvalue weighted by molar-refractivity contribution is 6.33. The number of amides is 1. The predicted molar refractivity (Wildman–Crippen MR) is 104 cm³/mol. The Morgan fingerprint density at radius 2 is 1.92 bits per heavy atom. The maximum Gasteiger partial charge on any atom is 0.221 e. The summed E-state index contributed by atoms with van der Waals surface area (Å²) in [6, 6.07) is 8.11. The molecule has 25 heavy (non-hydrogen) atoms. The first-order valence-corrected chi connectivity index (χ1v) is 9.13. The summed E-state index contributed by atoms with van der Waals surface area (Å²) in [5.74, 6) is 0.901. The zero-order chi connectivity index (χ0) is 18.2. The van der Waals surface area contributed by atoms with Crippen LogP contribution in [-0.2, 0) is 4.79 Å². The summed E-state index contributed by atoms with van der Waals surface area (Å²) in [7, 11) is 1.77. The molecule has 6 nitrogen and oxygen atoms in total. The van der Waals surface area contributed by atoms with Crippen LogP contribution in [0.15, 0.2) is 29.3 Å². The SMILES string of the molecule is CN=C(NCCC(=O)NC(C)C)N1CCN(c2ccccc2Cl)CC1. The molecular formula is C18H28ClN5O. The van der Waals surface area contributed by atoms with Crippen LogP contribution in [0.1, 0.15) is 20.3 Å². The van der Waals surface area contributed by atoms with Crippen molar-refractivity contribution in [3.8, 4) is 0 Å². The second-order valence-corrected chi connectivity index (χ2v) is 6.78. The second-order valence-electron chi connectivity index (χ2n) is 6.37. The van der Waals surface area contributed by atoms with Crippen LogP contribution in [0.5, 0.6) is 0 Å². The molecular weight excluding hydrogens is 338 g/mol. The van der Waals surface area contributed by atoms with Crippen molar-refractivity contribution >= 4 is 29.2 Å². The number of para-hydroxylation sites is 1. The number of halogens is 1. The number of hydrogen-bond donors (Lipinski definition) is 2. The Bertz CT molecular complexity index is 597. The van der Waals surface area contributed by atoms with Gasteiger partial charge in [0, 0.05) is 52.2 Å². The van der Waals surface area contributed by atoms with Crippen molar-refractivity contribution in [2.45, 2.75) is 26.3 Å². The van der Waals surface area contributed by atoms with Gasteiger partial charge in [0.2, 0.25) is 5.91 Å². The van der Waals surface area contributed by atoms with E-state index in [2.05, 4.69) is 31.5 Å².